The maximum Gasteiger partial charge on any atom is 0.160 e. The Morgan fingerprint density at radius 2 is 1.85 bits per heavy atom. The van der Waals surface area contributed by atoms with Crippen molar-refractivity contribution >= 4 is 43.2 Å². The minimum absolute atomic E-state index is 0.295. The number of aryl methyl sites for hydroxylation is 1. The zero-order chi connectivity index (χ0) is 14.7. The van der Waals surface area contributed by atoms with Gasteiger partial charge in [-0.25, -0.2) is 0 Å². The van der Waals surface area contributed by atoms with Crippen LogP contribution < -0.4 is 9.47 Å². The first-order valence-corrected chi connectivity index (χ1v) is 8.68. The highest BCUT2D eigenvalue weighted by molar-refractivity contribution is 9.11. The molecule has 0 spiro atoms. The van der Waals surface area contributed by atoms with E-state index in [9.17, 15) is 0 Å². The highest BCUT2D eigenvalue weighted by atomic mass is 79.9. The van der Waals surface area contributed by atoms with Crippen LogP contribution in [0.15, 0.2) is 28.1 Å². The Morgan fingerprint density at radius 3 is 2.40 bits per heavy atom. The molecule has 0 radical (unpaired) electrons. The van der Waals surface area contributed by atoms with Gasteiger partial charge in [0.15, 0.2) is 11.5 Å². The zero-order valence-corrected chi connectivity index (χ0v) is 15.6. The van der Waals surface area contributed by atoms with Crippen LogP contribution in [-0.4, -0.2) is 14.2 Å². The molecule has 2 rings (SSSR count). The van der Waals surface area contributed by atoms with Crippen molar-refractivity contribution in [2.45, 2.75) is 18.2 Å². The number of rotatable bonds is 5. The highest BCUT2D eigenvalue weighted by Gasteiger charge is 2.15. The SMILES string of the molecule is COc1ccc(CC(Br)c2cc(Br)sc2C)cc1OC. The number of thiophene rings is 1. The van der Waals surface area contributed by atoms with E-state index in [1.807, 2.05) is 12.1 Å². The monoisotopic (exact) mass is 418 g/mol. The third-order valence-electron chi connectivity index (χ3n) is 3.13. The van der Waals surface area contributed by atoms with Crippen LogP contribution in [-0.2, 0) is 6.42 Å². The van der Waals surface area contributed by atoms with Gasteiger partial charge in [0, 0.05) is 9.70 Å². The molecule has 1 heterocycles. The molecule has 0 saturated carbocycles. The lowest BCUT2D eigenvalue weighted by Gasteiger charge is -2.13. The molecule has 20 heavy (non-hydrogen) atoms. The van der Waals surface area contributed by atoms with Crippen molar-refractivity contribution in [1.29, 1.82) is 0 Å². The van der Waals surface area contributed by atoms with E-state index in [1.54, 1.807) is 25.6 Å². The van der Waals surface area contributed by atoms with Crippen LogP contribution in [0.1, 0.15) is 20.8 Å². The first kappa shape index (κ1) is 15.9. The summed E-state index contributed by atoms with van der Waals surface area (Å²) < 4.78 is 11.8. The summed E-state index contributed by atoms with van der Waals surface area (Å²) in [4.78, 5) is 1.63. The number of benzene rings is 1. The van der Waals surface area contributed by atoms with E-state index in [0.717, 1.165) is 17.9 Å². The average Bonchev–Trinajstić information content (AvgIpc) is 2.77. The van der Waals surface area contributed by atoms with Gasteiger partial charge in [0.2, 0.25) is 0 Å². The molecule has 0 amide bonds. The van der Waals surface area contributed by atoms with Crippen molar-refractivity contribution in [3.63, 3.8) is 0 Å². The fourth-order valence-electron chi connectivity index (χ4n) is 2.09. The van der Waals surface area contributed by atoms with E-state index in [4.69, 9.17) is 9.47 Å². The quantitative estimate of drug-likeness (QED) is 0.594. The molecule has 0 bridgehead atoms. The Morgan fingerprint density at radius 1 is 1.15 bits per heavy atom. The van der Waals surface area contributed by atoms with Gasteiger partial charge in [0.05, 0.1) is 18.0 Å². The number of ether oxygens (including phenoxy) is 2. The van der Waals surface area contributed by atoms with Crippen molar-refractivity contribution in [3.05, 3.63) is 44.1 Å². The third kappa shape index (κ3) is 3.57. The first-order chi connectivity index (χ1) is 9.55. The first-order valence-electron chi connectivity index (χ1n) is 6.16. The van der Waals surface area contributed by atoms with Crippen LogP contribution in [0.4, 0.5) is 0 Å². The predicted octanol–water partition coefficient (Wildman–Crippen LogP) is 5.51. The molecule has 0 aliphatic carbocycles. The standard InChI is InChI=1S/C15H16Br2O2S/c1-9-11(8-15(17)20-9)12(16)6-10-4-5-13(18-2)14(7-10)19-3/h4-5,7-8,12H,6H2,1-3H3. The van der Waals surface area contributed by atoms with Crippen molar-refractivity contribution in [2.75, 3.05) is 14.2 Å². The molecule has 0 aliphatic heterocycles. The summed E-state index contributed by atoms with van der Waals surface area (Å²) in [5, 5.41) is 0. The molecule has 0 saturated heterocycles. The third-order valence-corrected chi connectivity index (χ3v) is 5.51. The predicted molar refractivity (Wildman–Crippen MR) is 91.7 cm³/mol. The van der Waals surface area contributed by atoms with E-state index in [2.05, 4.69) is 50.9 Å². The average molecular weight is 420 g/mol. The molecule has 5 heteroatoms. The highest BCUT2D eigenvalue weighted by Crippen LogP contribution is 2.37. The van der Waals surface area contributed by atoms with Crippen LogP contribution in [0.25, 0.3) is 0 Å². The van der Waals surface area contributed by atoms with Crippen LogP contribution in [0.3, 0.4) is 0 Å². The number of halogens is 2. The molecule has 0 aliphatic rings. The van der Waals surface area contributed by atoms with Crippen LogP contribution in [0, 0.1) is 6.92 Å². The van der Waals surface area contributed by atoms with Crippen molar-refractivity contribution < 1.29 is 9.47 Å². The van der Waals surface area contributed by atoms with E-state index in [0.29, 0.717) is 4.83 Å². The number of hydrogen-bond donors (Lipinski definition) is 0. The van der Waals surface area contributed by atoms with Gasteiger partial charge in [-0.15, -0.1) is 11.3 Å². The van der Waals surface area contributed by atoms with Crippen molar-refractivity contribution in [3.8, 4) is 11.5 Å². The van der Waals surface area contributed by atoms with Crippen LogP contribution in [0.2, 0.25) is 0 Å². The van der Waals surface area contributed by atoms with Gasteiger partial charge < -0.3 is 9.47 Å². The van der Waals surface area contributed by atoms with Gasteiger partial charge in [-0.05, 0) is 58.6 Å². The molecular weight excluding hydrogens is 404 g/mol. The van der Waals surface area contributed by atoms with Gasteiger partial charge >= 0.3 is 0 Å². The molecular formula is C15H16Br2O2S. The fourth-order valence-corrected chi connectivity index (χ4v) is 4.87. The summed E-state index contributed by atoms with van der Waals surface area (Å²) in [6, 6.07) is 8.24. The van der Waals surface area contributed by atoms with Gasteiger partial charge in [-0.1, -0.05) is 22.0 Å². The Balaban J connectivity index is 2.19. The smallest absolute Gasteiger partial charge is 0.160 e. The lowest BCUT2D eigenvalue weighted by molar-refractivity contribution is 0.354. The summed E-state index contributed by atoms with van der Waals surface area (Å²) in [6.07, 6.45) is 0.907. The Kier molecular flexibility index (Phi) is 5.52. The molecule has 1 aromatic heterocycles. The molecule has 1 unspecified atom stereocenters. The normalized spacial score (nSPS) is 12.2. The maximum atomic E-state index is 5.35. The lowest BCUT2D eigenvalue weighted by Crippen LogP contribution is -1.97. The minimum atomic E-state index is 0.295. The maximum absolute atomic E-state index is 5.35. The van der Waals surface area contributed by atoms with Gasteiger partial charge in [0.25, 0.3) is 0 Å². The molecule has 1 aromatic carbocycles. The number of methoxy groups -OCH3 is 2. The summed E-state index contributed by atoms with van der Waals surface area (Å²) in [5.74, 6) is 1.53. The van der Waals surface area contributed by atoms with E-state index >= 15 is 0 Å². The van der Waals surface area contributed by atoms with Crippen molar-refractivity contribution in [1.82, 2.24) is 0 Å². The Labute approximate surface area is 140 Å². The molecule has 108 valence electrons. The molecule has 2 aromatic rings. The van der Waals surface area contributed by atoms with Crippen LogP contribution in [0.5, 0.6) is 11.5 Å². The second-order valence-electron chi connectivity index (χ2n) is 4.42. The zero-order valence-electron chi connectivity index (χ0n) is 11.6. The van der Waals surface area contributed by atoms with Gasteiger partial charge in [0.1, 0.15) is 0 Å². The van der Waals surface area contributed by atoms with E-state index < -0.39 is 0 Å². The fraction of sp³-hybridized carbons (Fsp3) is 0.333. The molecule has 1 atom stereocenters. The summed E-state index contributed by atoms with van der Waals surface area (Å²) >= 11 is 9.09. The van der Waals surface area contributed by atoms with Gasteiger partial charge in [-0.3, -0.25) is 0 Å². The Hall–Kier alpha value is -0.520. The van der Waals surface area contributed by atoms with Gasteiger partial charge in [-0.2, -0.15) is 0 Å². The summed E-state index contributed by atoms with van der Waals surface area (Å²) in [7, 11) is 3.31. The minimum Gasteiger partial charge on any atom is -0.493 e. The van der Waals surface area contributed by atoms with E-state index in [-0.39, 0.29) is 0 Å². The second kappa shape index (κ2) is 6.96. The summed E-state index contributed by atoms with van der Waals surface area (Å²) in [6.45, 7) is 2.15. The second-order valence-corrected chi connectivity index (χ2v) is 8.16. The summed E-state index contributed by atoms with van der Waals surface area (Å²) in [5.41, 5.74) is 2.54. The molecule has 0 fully saturated rings. The number of alkyl halides is 1. The molecule has 2 nitrogen and oxygen atoms in total. The largest absolute Gasteiger partial charge is 0.493 e. The molecule has 0 N–H and O–H groups in total. The van der Waals surface area contributed by atoms with E-state index in [1.165, 1.54) is 19.8 Å². The topological polar surface area (TPSA) is 18.5 Å². The van der Waals surface area contributed by atoms with Crippen molar-refractivity contribution in [2.24, 2.45) is 0 Å². The Bertz CT molecular complexity index is 596. The van der Waals surface area contributed by atoms with Crippen LogP contribution >= 0.6 is 43.2 Å². The lowest BCUT2D eigenvalue weighted by atomic mass is 10.0. The number of hydrogen-bond acceptors (Lipinski definition) is 3.